The van der Waals surface area contributed by atoms with Crippen LogP contribution >= 0.6 is 0 Å². The lowest BCUT2D eigenvalue weighted by molar-refractivity contribution is -0.384. The van der Waals surface area contributed by atoms with Crippen LogP contribution in [0.2, 0.25) is 0 Å². The summed E-state index contributed by atoms with van der Waals surface area (Å²) in [6.45, 7) is 3.85. The predicted molar refractivity (Wildman–Crippen MR) is 66.7 cm³/mol. The molecule has 2 heterocycles. The average molecular weight is 246 g/mol. The Morgan fingerprint density at radius 3 is 2.89 bits per heavy atom. The first-order chi connectivity index (χ1) is 8.63. The summed E-state index contributed by atoms with van der Waals surface area (Å²) >= 11 is 0. The van der Waals surface area contributed by atoms with Gasteiger partial charge in [-0.3, -0.25) is 14.7 Å². The van der Waals surface area contributed by atoms with E-state index in [-0.39, 0.29) is 5.69 Å². The van der Waals surface area contributed by atoms with E-state index in [4.69, 9.17) is 0 Å². The Morgan fingerprint density at radius 2 is 2.22 bits per heavy atom. The molecule has 0 N–H and O–H groups in total. The fraction of sp³-hybridized carbons (Fsp3) is 0.333. The van der Waals surface area contributed by atoms with Crippen LogP contribution in [-0.2, 0) is 6.42 Å². The largest absolute Gasteiger partial charge is 0.312 e. The van der Waals surface area contributed by atoms with Crippen LogP contribution in [0.15, 0.2) is 24.5 Å². The molecule has 0 saturated carbocycles. The van der Waals surface area contributed by atoms with Crippen molar-refractivity contribution in [1.82, 2.24) is 14.5 Å². The summed E-state index contributed by atoms with van der Waals surface area (Å²) in [6.07, 6.45) is 5.04. The molecule has 0 bridgehead atoms. The molecular formula is C12H14N4O2. The summed E-state index contributed by atoms with van der Waals surface area (Å²) < 4.78 is 1.69. The molecule has 0 aromatic carbocycles. The van der Waals surface area contributed by atoms with E-state index in [2.05, 4.69) is 9.97 Å². The number of hydrogen-bond donors (Lipinski definition) is 0. The minimum absolute atomic E-state index is 0.00375. The van der Waals surface area contributed by atoms with Gasteiger partial charge < -0.3 is 0 Å². The highest BCUT2D eigenvalue weighted by Gasteiger charge is 2.18. The smallest absolute Gasteiger partial charge is 0.282 e. The molecule has 18 heavy (non-hydrogen) atoms. The second kappa shape index (κ2) is 4.95. The van der Waals surface area contributed by atoms with Crippen LogP contribution in [0.1, 0.15) is 24.9 Å². The highest BCUT2D eigenvalue weighted by atomic mass is 16.6. The summed E-state index contributed by atoms with van der Waals surface area (Å²) in [4.78, 5) is 19.1. The summed E-state index contributed by atoms with van der Waals surface area (Å²) in [5.41, 5.74) is 0.739. The van der Waals surface area contributed by atoms with Crippen molar-refractivity contribution in [1.29, 1.82) is 0 Å². The number of hydrogen-bond acceptors (Lipinski definition) is 4. The van der Waals surface area contributed by atoms with Crippen molar-refractivity contribution in [2.75, 3.05) is 0 Å². The molecular weight excluding hydrogens is 232 g/mol. The van der Waals surface area contributed by atoms with E-state index in [0.29, 0.717) is 5.82 Å². The van der Waals surface area contributed by atoms with Crippen molar-refractivity contribution in [2.24, 2.45) is 0 Å². The Balaban J connectivity index is 2.58. The normalized spacial score (nSPS) is 10.6. The Bertz CT molecular complexity index is 577. The molecule has 94 valence electrons. The summed E-state index contributed by atoms with van der Waals surface area (Å²) in [5.74, 6) is 1.12. The van der Waals surface area contributed by atoms with Crippen LogP contribution in [0.4, 0.5) is 5.69 Å². The zero-order valence-corrected chi connectivity index (χ0v) is 10.3. The third-order valence-corrected chi connectivity index (χ3v) is 2.61. The fourth-order valence-electron chi connectivity index (χ4n) is 1.79. The highest BCUT2D eigenvalue weighted by molar-refractivity contribution is 5.48. The first-order valence-corrected chi connectivity index (χ1v) is 5.78. The number of nitrogens with zero attached hydrogens (tertiary/aromatic N) is 4. The molecule has 6 nitrogen and oxygen atoms in total. The minimum atomic E-state index is -0.419. The van der Waals surface area contributed by atoms with Crippen molar-refractivity contribution >= 4 is 5.69 Å². The topological polar surface area (TPSA) is 73.8 Å². The Labute approximate surface area is 104 Å². The lowest BCUT2D eigenvalue weighted by Gasteiger charge is -2.07. The molecule has 6 heteroatoms. The molecule has 0 spiro atoms. The molecule has 2 aromatic rings. The fourth-order valence-corrected chi connectivity index (χ4v) is 1.79. The Morgan fingerprint density at radius 1 is 1.44 bits per heavy atom. The van der Waals surface area contributed by atoms with Crippen LogP contribution in [0.5, 0.6) is 0 Å². The highest BCUT2D eigenvalue weighted by Crippen LogP contribution is 2.22. The third-order valence-electron chi connectivity index (χ3n) is 2.61. The Hall–Kier alpha value is -2.24. The molecule has 0 amide bonds. The van der Waals surface area contributed by atoms with Crippen molar-refractivity contribution in [3.8, 4) is 5.82 Å². The number of aromatic nitrogens is 3. The standard InChI is InChI=1S/C12H14N4O2/c1-3-4-11-13-7-8-15(11)12-10(16(17)18)6-5-9(2)14-12/h5-8H,3-4H2,1-2H3. The van der Waals surface area contributed by atoms with Gasteiger partial charge in [-0.25, -0.2) is 9.97 Å². The zero-order chi connectivity index (χ0) is 13.1. The van der Waals surface area contributed by atoms with Crippen LogP contribution in [-0.4, -0.2) is 19.5 Å². The van der Waals surface area contributed by atoms with Crippen molar-refractivity contribution in [3.05, 3.63) is 46.2 Å². The van der Waals surface area contributed by atoms with Gasteiger partial charge in [0.2, 0.25) is 5.82 Å². The second-order valence-corrected chi connectivity index (χ2v) is 4.02. The number of imidazole rings is 1. The van der Waals surface area contributed by atoms with E-state index in [9.17, 15) is 10.1 Å². The molecule has 0 aliphatic heterocycles. The summed E-state index contributed by atoms with van der Waals surface area (Å²) in [5, 5.41) is 11.0. The lowest BCUT2D eigenvalue weighted by atomic mass is 10.3. The number of rotatable bonds is 4. The van der Waals surface area contributed by atoms with Gasteiger partial charge in [-0.2, -0.15) is 0 Å². The zero-order valence-electron chi connectivity index (χ0n) is 10.3. The first kappa shape index (κ1) is 12.2. The molecule has 2 rings (SSSR count). The number of nitro groups is 1. The third kappa shape index (κ3) is 2.22. The quantitative estimate of drug-likeness (QED) is 0.613. The van der Waals surface area contributed by atoms with Gasteiger partial charge in [0.25, 0.3) is 0 Å². The van der Waals surface area contributed by atoms with E-state index < -0.39 is 4.92 Å². The van der Waals surface area contributed by atoms with Gasteiger partial charge in [0.15, 0.2) is 0 Å². The lowest BCUT2D eigenvalue weighted by Crippen LogP contribution is -2.06. The SMILES string of the molecule is CCCc1nccn1-c1nc(C)ccc1[N+](=O)[O-]. The van der Waals surface area contributed by atoms with E-state index in [1.165, 1.54) is 6.07 Å². The van der Waals surface area contributed by atoms with Gasteiger partial charge >= 0.3 is 5.69 Å². The van der Waals surface area contributed by atoms with Gasteiger partial charge in [0.05, 0.1) is 4.92 Å². The maximum absolute atomic E-state index is 11.0. The maximum atomic E-state index is 11.0. The van der Waals surface area contributed by atoms with Crippen LogP contribution in [0.3, 0.4) is 0 Å². The molecule has 0 atom stereocenters. The molecule has 0 saturated heterocycles. The molecule has 2 aromatic heterocycles. The molecule has 0 radical (unpaired) electrons. The van der Waals surface area contributed by atoms with Crippen LogP contribution < -0.4 is 0 Å². The molecule has 0 fully saturated rings. The summed E-state index contributed by atoms with van der Waals surface area (Å²) in [7, 11) is 0. The van der Waals surface area contributed by atoms with Crippen molar-refractivity contribution < 1.29 is 4.92 Å². The van der Waals surface area contributed by atoms with Crippen LogP contribution in [0, 0.1) is 17.0 Å². The number of aryl methyl sites for hydroxylation is 2. The van der Waals surface area contributed by atoms with Crippen molar-refractivity contribution in [3.63, 3.8) is 0 Å². The molecule has 0 unspecified atom stereocenters. The minimum Gasteiger partial charge on any atom is -0.282 e. The Kier molecular flexibility index (Phi) is 3.36. The monoisotopic (exact) mass is 246 g/mol. The van der Waals surface area contributed by atoms with E-state index >= 15 is 0 Å². The van der Waals surface area contributed by atoms with Gasteiger partial charge in [-0.15, -0.1) is 0 Å². The van der Waals surface area contributed by atoms with Gasteiger partial charge in [-0.05, 0) is 19.4 Å². The number of pyridine rings is 1. The van der Waals surface area contributed by atoms with Gasteiger partial charge in [0, 0.05) is 30.6 Å². The van der Waals surface area contributed by atoms with E-state index in [1.54, 1.807) is 23.0 Å². The van der Waals surface area contributed by atoms with Crippen molar-refractivity contribution in [2.45, 2.75) is 26.7 Å². The predicted octanol–water partition coefficient (Wildman–Crippen LogP) is 2.44. The average Bonchev–Trinajstić information content (AvgIpc) is 2.77. The first-order valence-electron chi connectivity index (χ1n) is 5.78. The molecule has 0 aliphatic carbocycles. The van der Waals surface area contributed by atoms with Crippen LogP contribution in [0.25, 0.3) is 5.82 Å². The summed E-state index contributed by atoms with van der Waals surface area (Å²) in [6, 6.07) is 3.12. The molecule has 0 aliphatic rings. The maximum Gasteiger partial charge on any atom is 0.312 e. The van der Waals surface area contributed by atoms with E-state index in [0.717, 1.165) is 24.4 Å². The van der Waals surface area contributed by atoms with Gasteiger partial charge in [0.1, 0.15) is 5.82 Å². The second-order valence-electron chi connectivity index (χ2n) is 4.02. The van der Waals surface area contributed by atoms with Gasteiger partial charge in [-0.1, -0.05) is 6.92 Å². The van der Waals surface area contributed by atoms with E-state index in [1.807, 2.05) is 13.8 Å².